The van der Waals surface area contributed by atoms with E-state index in [1.54, 1.807) is 12.4 Å². The molecule has 0 radical (unpaired) electrons. The number of nitrogens with one attached hydrogen (secondary N) is 2. The van der Waals surface area contributed by atoms with Gasteiger partial charge < -0.3 is 9.72 Å². The van der Waals surface area contributed by atoms with Crippen molar-refractivity contribution in [2.45, 2.75) is 12.8 Å². The van der Waals surface area contributed by atoms with Gasteiger partial charge in [-0.1, -0.05) is 12.1 Å². The molecule has 92 valence electrons. The van der Waals surface area contributed by atoms with Gasteiger partial charge in [0, 0.05) is 18.8 Å². The summed E-state index contributed by atoms with van der Waals surface area (Å²) < 4.78 is 5.48. The summed E-state index contributed by atoms with van der Waals surface area (Å²) in [5.41, 5.74) is 2.16. The molecule has 1 amide bonds. The monoisotopic (exact) mass is 243 g/mol. The number of fused-ring (bicyclic) bond motifs is 1. The maximum Gasteiger partial charge on any atom is 0.231 e. The van der Waals surface area contributed by atoms with Crippen molar-refractivity contribution in [3.8, 4) is 5.75 Å². The largest absolute Gasteiger partial charge is 0.493 e. The van der Waals surface area contributed by atoms with Crippen LogP contribution in [0.15, 0.2) is 30.6 Å². The molecule has 0 unspecified atom stereocenters. The van der Waals surface area contributed by atoms with Gasteiger partial charge in [-0.25, -0.2) is 4.98 Å². The van der Waals surface area contributed by atoms with Crippen molar-refractivity contribution < 1.29 is 9.53 Å². The maximum absolute atomic E-state index is 11.8. The number of amides is 1. The highest BCUT2D eigenvalue weighted by Gasteiger charge is 2.13. The SMILES string of the molecule is O=C(Cc1ccc2c(c1)OCC2)Nc1ncc[nH]1. The molecule has 2 N–H and O–H groups in total. The average molecular weight is 243 g/mol. The highest BCUT2D eigenvalue weighted by atomic mass is 16.5. The Morgan fingerprint density at radius 2 is 2.44 bits per heavy atom. The molecule has 1 aliphatic rings. The third kappa shape index (κ3) is 2.20. The average Bonchev–Trinajstić information content (AvgIpc) is 2.98. The molecule has 0 saturated heterocycles. The Bertz CT molecular complexity index is 564. The fraction of sp³-hybridized carbons (Fsp3) is 0.231. The van der Waals surface area contributed by atoms with Crippen molar-refractivity contribution >= 4 is 11.9 Å². The van der Waals surface area contributed by atoms with Crippen LogP contribution in [0.5, 0.6) is 5.75 Å². The van der Waals surface area contributed by atoms with Gasteiger partial charge in [-0.05, 0) is 17.2 Å². The summed E-state index contributed by atoms with van der Waals surface area (Å²) in [6.07, 6.45) is 4.53. The second-order valence-electron chi connectivity index (χ2n) is 4.20. The predicted octanol–water partition coefficient (Wildman–Crippen LogP) is 1.53. The number of benzene rings is 1. The zero-order valence-corrected chi connectivity index (χ0v) is 9.77. The van der Waals surface area contributed by atoms with Crippen LogP contribution in [0.25, 0.3) is 0 Å². The Kier molecular flexibility index (Phi) is 2.72. The smallest absolute Gasteiger partial charge is 0.231 e. The lowest BCUT2D eigenvalue weighted by Gasteiger charge is -2.04. The molecule has 5 nitrogen and oxygen atoms in total. The van der Waals surface area contributed by atoms with Crippen LogP contribution in [0.1, 0.15) is 11.1 Å². The third-order valence-electron chi connectivity index (χ3n) is 2.88. The zero-order chi connectivity index (χ0) is 12.4. The number of hydrogen-bond acceptors (Lipinski definition) is 3. The molecule has 18 heavy (non-hydrogen) atoms. The molecule has 0 spiro atoms. The second kappa shape index (κ2) is 4.52. The summed E-state index contributed by atoms with van der Waals surface area (Å²) in [4.78, 5) is 18.5. The van der Waals surface area contributed by atoms with Gasteiger partial charge >= 0.3 is 0 Å². The van der Waals surface area contributed by atoms with Crippen LogP contribution in [-0.4, -0.2) is 22.5 Å². The van der Waals surface area contributed by atoms with E-state index in [4.69, 9.17) is 4.74 Å². The first-order valence-corrected chi connectivity index (χ1v) is 5.85. The van der Waals surface area contributed by atoms with E-state index < -0.39 is 0 Å². The van der Waals surface area contributed by atoms with E-state index in [1.165, 1.54) is 5.56 Å². The van der Waals surface area contributed by atoms with Crippen molar-refractivity contribution in [3.63, 3.8) is 0 Å². The minimum Gasteiger partial charge on any atom is -0.493 e. The van der Waals surface area contributed by atoms with E-state index in [0.717, 1.165) is 24.3 Å². The first-order chi connectivity index (χ1) is 8.81. The number of rotatable bonds is 3. The van der Waals surface area contributed by atoms with Gasteiger partial charge in [0.25, 0.3) is 0 Å². The molecular formula is C13H13N3O2. The zero-order valence-electron chi connectivity index (χ0n) is 9.77. The van der Waals surface area contributed by atoms with Crippen molar-refractivity contribution in [1.29, 1.82) is 0 Å². The van der Waals surface area contributed by atoms with Crippen LogP contribution >= 0.6 is 0 Å². The van der Waals surface area contributed by atoms with Crippen molar-refractivity contribution in [3.05, 3.63) is 41.7 Å². The topological polar surface area (TPSA) is 67.0 Å². The number of imidazole rings is 1. The molecule has 2 aromatic rings. The second-order valence-corrected chi connectivity index (χ2v) is 4.20. The molecule has 2 heterocycles. The van der Waals surface area contributed by atoms with Gasteiger partial charge in [0.05, 0.1) is 13.0 Å². The third-order valence-corrected chi connectivity index (χ3v) is 2.88. The molecular weight excluding hydrogens is 230 g/mol. The quantitative estimate of drug-likeness (QED) is 0.859. The molecule has 1 aliphatic heterocycles. The summed E-state index contributed by atoms with van der Waals surface area (Å²) in [5, 5.41) is 2.69. The molecule has 0 fully saturated rings. The van der Waals surface area contributed by atoms with E-state index in [-0.39, 0.29) is 5.91 Å². The van der Waals surface area contributed by atoms with Gasteiger partial charge in [-0.3, -0.25) is 10.1 Å². The number of anilines is 1. The first kappa shape index (κ1) is 10.8. The van der Waals surface area contributed by atoms with Gasteiger partial charge in [0.1, 0.15) is 5.75 Å². The fourth-order valence-corrected chi connectivity index (χ4v) is 2.02. The van der Waals surface area contributed by atoms with Crippen molar-refractivity contribution in [2.24, 2.45) is 0 Å². The summed E-state index contributed by atoms with van der Waals surface area (Å²) in [5.74, 6) is 1.28. The summed E-state index contributed by atoms with van der Waals surface area (Å²) in [6.45, 7) is 0.734. The lowest BCUT2D eigenvalue weighted by Crippen LogP contribution is -2.15. The number of carbonyl (C=O) groups excluding carboxylic acids is 1. The van der Waals surface area contributed by atoms with Gasteiger partial charge in [0.15, 0.2) is 0 Å². The lowest BCUT2D eigenvalue weighted by molar-refractivity contribution is -0.115. The lowest BCUT2D eigenvalue weighted by atomic mass is 10.1. The van der Waals surface area contributed by atoms with Gasteiger partial charge in [-0.15, -0.1) is 0 Å². The highest BCUT2D eigenvalue weighted by molar-refractivity contribution is 5.90. The number of nitrogens with zero attached hydrogens (tertiary/aromatic N) is 1. The summed E-state index contributed by atoms with van der Waals surface area (Å²) in [7, 11) is 0. The normalized spacial score (nSPS) is 12.9. The minimum atomic E-state index is -0.0945. The Labute approximate surface area is 104 Å². The Morgan fingerprint density at radius 3 is 3.28 bits per heavy atom. The van der Waals surface area contributed by atoms with E-state index in [0.29, 0.717) is 12.4 Å². The van der Waals surface area contributed by atoms with Crippen LogP contribution < -0.4 is 10.1 Å². The fourth-order valence-electron chi connectivity index (χ4n) is 2.02. The summed E-state index contributed by atoms with van der Waals surface area (Å²) >= 11 is 0. The molecule has 0 bridgehead atoms. The minimum absolute atomic E-state index is 0.0945. The van der Waals surface area contributed by atoms with E-state index in [1.807, 2.05) is 18.2 Å². The number of aromatic amines is 1. The molecule has 5 heteroatoms. The number of aromatic nitrogens is 2. The first-order valence-electron chi connectivity index (χ1n) is 5.85. The predicted molar refractivity (Wildman–Crippen MR) is 66.6 cm³/mol. The number of carbonyl (C=O) groups is 1. The molecule has 0 atom stereocenters. The standard InChI is InChI=1S/C13H13N3O2/c17-12(16-13-14-4-5-15-13)8-9-1-2-10-3-6-18-11(10)7-9/h1-2,4-5,7H,3,6,8H2,(H2,14,15,16,17). The van der Waals surface area contributed by atoms with E-state index in [9.17, 15) is 4.79 Å². The Morgan fingerprint density at radius 1 is 1.50 bits per heavy atom. The van der Waals surface area contributed by atoms with E-state index >= 15 is 0 Å². The van der Waals surface area contributed by atoms with Crippen LogP contribution in [0.3, 0.4) is 0 Å². The molecule has 1 aromatic carbocycles. The molecule has 3 rings (SSSR count). The Balaban J connectivity index is 1.67. The van der Waals surface area contributed by atoms with Gasteiger partial charge in [0.2, 0.25) is 11.9 Å². The maximum atomic E-state index is 11.8. The number of H-pyrrole nitrogens is 1. The molecule has 0 saturated carbocycles. The molecule has 1 aromatic heterocycles. The number of ether oxygens (including phenoxy) is 1. The van der Waals surface area contributed by atoms with Crippen LogP contribution in [0.4, 0.5) is 5.95 Å². The molecule has 0 aliphatic carbocycles. The Hall–Kier alpha value is -2.30. The highest BCUT2D eigenvalue weighted by Crippen LogP contribution is 2.26. The van der Waals surface area contributed by atoms with Crippen LogP contribution in [0, 0.1) is 0 Å². The van der Waals surface area contributed by atoms with Crippen LogP contribution in [-0.2, 0) is 17.6 Å². The van der Waals surface area contributed by atoms with Crippen molar-refractivity contribution in [1.82, 2.24) is 9.97 Å². The van der Waals surface area contributed by atoms with E-state index in [2.05, 4.69) is 15.3 Å². The van der Waals surface area contributed by atoms with Crippen molar-refractivity contribution in [2.75, 3.05) is 11.9 Å². The number of hydrogen-bond donors (Lipinski definition) is 2. The van der Waals surface area contributed by atoms with Gasteiger partial charge in [-0.2, -0.15) is 0 Å². The summed E-state index contributed by atoms with van der Waals surface area (Å²) in [6, 6.07) is 5.93. The van der Waals surface area contributed by atoms with Crippen LogP contribution in [0.2, 0.25) is 0 Å².